The summed E-state index contributed by atoms with van der Waals surface area (Å²) < 4.78 is 24.1. The fraction of sp³-hybridized carbons (Fsp3) is 0.361. The number of aliphatic hydroxyl groups excluding tert-OH is 1. The Morgan fingerprint density at radius 1 is 0.767 bits per heavy atom. The van der Waals surface area contributed by atoms with Crippen LogP contribution in [-0.2, 0) is 47.2 Å². The summed E-state index contributed by atoms with van der Waals surface area (Å²) in [6.07, 6.45) is 3.65. The molecule has 1 aliphatic rings. The van der Waals surface area contributed by atoms with Crippen molar-refractivity contribution in [1.82, 2.24) is 10.3 Å². The molecule has 0 radical (unpaired) electrons. The minimum atomic E-state index is -0.0902. The van der Waals surface area contributed by atoms with Crippen molar-refractivity contribution in [2.45, 2.75) is 57.9 Å². The number of pyridine rings is 1. The van der Waals surface area contributed by atoms with E-state index < -0.39 is 0 Å². The lowest BCUT2D eigenvalue weighted by atomic mass is 9.87. The Labute approximate surface area is 254 Å². The number of nitrogens with zero attached hydrogens (tertiary/aromatic N) is 1. The minimum absolute atomic E-state index is 0.0877. The summed E-state index contributed by atoms with van der Waals surface area (Å²) in [5.41, 5.74) is 6.25. The molecule has 7 heteroatoms. The minimum Gasteiger partial charge on any atom is -0.494 e. The molecule has 5 rings (SSSR count). The lowest BCUT2D eigenvalue weighted by molar-refractivity contribution is 0.0105. The van der Waals surface area contributed by atoms with Crippen molar-refractivity contribution < 1.29 is 24.1 Å². The lowest BCUT2D eigenvalue weighted by Crippen LogP contribution is -2.40. The molecule has 4 aromatic rings. The van der Waals surface area contributed by atoms with Gasteiger partial charge in [-0.2, -0.15) is 0 Å². The first-order valence-electron chi connectivity index (χ1n) is 15.1. The molecule has 1 saturated heterocycles. The Bertz CT molecular complexity index is 1370. The summed E-state index contributed by atoms with van der Waals surface area (Å²) in [6.45, 7) is 5.09. The maximum absolute atomic E-state index is 9.48. The average molecular weight is 583 g/mol. The zero-order valence-corrected chi connectivity index (χ0v) is 24.7. The van der Waals surface area contributed by atoms with Crippen LogP contribution in [0.4, 0.5) is 0 Å². The van der Waals surface area contributed by atoms with Gasteiger partial charge in [0.2, 0.25) is 0 Å². The molecule has 2 N–H and O–H groups in total. The molecule has 0 spiro atoms. The predicted octanol–water partition coefficient (Wildman–Crippen LogP) is 5.94. The Morgan fingerprint density at radius 2 is 1.56 bits per heavy atom. The number of hydrogen-bond donors (Lipinski definition) is 2. The van der Waals surface area contributed by atoms with Gasteiger partial charge < -0.3 is 29.4 Å². The highest BCUT2D eigenvalue weighted by atomic mass is 16.5. The number of aromatic nitrogens is 1. The molecule has 1 fully saturated rings. The summed E-state index contributed by atoms with van der Waals surface area (Å²) in [7, 11) is 0. The zero-order valence-electron chi connectivity index (χ0n) is 24.7. The molecule has 2 unspecified atom stereocenters. The van der Waals surface area contributed by atoms with E-state index in [1.165, 1.54) is 11.1 Å². The molecule has 0 aliphatic carbocycles. The van der Waals surface area contributed by atoms with Gasteiger partial charge in [-0.15, -0.1) is 0 Å². The standard InChI is InChI=1S/C36H42N2O5/c39-23-35-32(11-5-17-38-35)27-41-25-29-9-4-10-30(21-29)26-43-36-22-37-18-16-34(36)31-12-14-33(15-13-31)42-20-6-19-40-24-28-7-2-1-3-8-28/h1-5,7-15,17,21,34,36-37,39H,6,16,18-20,22-27H2. The zero-order chi connectivity index (χ0) is 29.5. The van der Waals surface area contributed by atoms with Crippen LogP contribution >= 0.6 is 0 Å². The van der Waals surface area contributed by atoms with Crippen molar-refractivity contribution in [3.05, 3.63) is 131 Å². The van der Waals surface area contributed by atoms with E-state index in [-0.39, 0.29) is 12.7 Å². The van der Waals surface area contributed by atoms with E-state index in [4.69, 9.17) is 18.9 Å². The topological polar surface area (TPSA) is 82.1 Å². The van der Waals surface area contributed by atoms with Crippen molar-refractivity contribution in [3.63, 3.8) is 0 Å². The van der Waals surface area contributed by atoms with Crippen LogP contribution in [0.1, 0.15) is 52.3 Å². The van der Waals surface area contributed by atoms with Crippen LogP contribution < -0.4 is 10.1 Å². The first-order chi connectivity index (χ1) is 21.3. The summed E-state index contributed by atoms with van der Waals surface area (Å²) in [5.74, 6) is 1.21. The molecule has 1 aromatic heterocycles. The fourth-order valence-corrected chi connectivity index (χ4v) is 5.35. The van der Waals surface area contributed by atoms with Crippen LogP contribution in [-0.4, -0.2) is 42.5 Å². The van der Waals surface area contributed by atoms with E-state index in [0.29, 0.717) is 51.3 Å². The second-order valence-electron chi connectivity index (χ2n) is 10.8. The van der Waals surface area contributed by atoms with Crippen molar-refractivity contribution in [1.29, 1.82) is 0 Å². The summed E-state index contributed by atoms with van der Waals surface area (Å²) in [4.78, 5) is 4.20. The predicted molar refractivity (Wildman–Crippen MR) is 167 cm³/mol. The van der Waals surface area contributed by atoms with Gasteiger partial charge in [0.15, 0.2) is 0 Å². The van der Waals surface area contributed by atoms with E-state index in [1.807, 2.05) is 36.4 Å². The Kier molecular flexibility index (Phi) is 12.1. The van der Waals surface area contributed by atoms with Gasteiger partial charge in [0.1, 0.15) is 5.75 Å². The highest BCUT2D eigenvalue weighted by molar-refractivity contribution is 5.31. The maximum atomic E-state index is 9.48. The Hall–Kier alpha value is -3.59. The number of nitrogens with one attached hydrogen (secondary N) is 1. The second-order valence-corrected chi connectivity index (χ2v) is 10.8. The van der Waals surface area contributed by atoms with Crippen LogP contribution in [0.25, 0.3) is 0 Å². The monoisotopic (exact) mass is 582 g/mol. The molecule has 0 amide bonds. The van der Waals surface area contributed by atoms with Gasteiger partial charge in [-0.1, -0.05) is 72.8 Å². The third-order valence-corrected chi connectivity index (χ3v) is 7.66. The number of rotatable bonds is 16. The molecule has 1 aliphatic heterocycles. The summed E-state index contributed by atoms with van der Waals surface area (Å²) >= 11 is 0. The second kappa shape index (κ2) is 16.9. The van der Waals surface area contributed by atoms with Crippen molar-refractivity contribution >= 4 is 0 Å². The van der Waals surface area contributed by atoms with Crippen LogP contribution in [0.3, 0.4) is 0 Å². The molecule has 43 heavy (non-hydrogen) atoms. The van der Waals surface area contributed by atoms with Crippen molar-refractivity contribution in [2.75, 3.05) is 26.3 Å². The molecule has 2 atom stereocenters. The number of benzene rings is 3. The molecule has 2 heterocycles. The van der Waals surface area contributed by atoms with Gasteiger partial charge in [-0.25, -0.2) is 0 Å². The van der Waals surface area contributed by atoms with Gasteiger partial charge in [0.05, 0.1) is 58.0 Å². The quantitative estimate of drug-likeness (QED) is 0.158. The van der Waals surface area contributed by atoms with E-state index in [9.17, 15) is 5.11 Å². The van der Waals surface area contributed by atoms with E-state index in [2.05, 4.69) is 64.9 Å². The maximum Gasteiger partial charge on any atom is 0.119 e. The average Bonchev–Trinajstić information content (AvgIpc) is 3.07. The Balaban J connectivity index is 1.05. The van der Waals surface area contributed by atoms with Crippen molar-refractivity contribution in [2.24, 2.45) is 0 Å². The highest BCUT2D eigenvalue weighted by Crippen LogP contribution is 2.30. The third kappa shape index (κ3) is 9.71. The van der Waals surface area contributed by atoms with Gasteiger partial charge in [-0.3, -0.25) is 4.98 Å². The number of ether oxygens (including phenoxy) is 4. The van der Waals surface area contributed by atoms with E-state index in [1.54, 1.807) is 6.20 Å². The SMILES string of the molecule is OCc1ncccc1COCc1cccc(COC2CNCCC2c2ccc(OCCCOCc3ccccc3)cc2)c1. The summed E-state index contributed by atoms with van der Waals surface area (Å²) in [6, 6.07) is 30.8. The number of hydrogen-bond acceptors (Lipinski definition) is 7. The van der Waals surface area contributed by atoms with Crippen LogP contribution in [0.2, 0.25) is 0 Å². The molecule has 3 aromatic carbocycles. The fourth-order valence-electron chi connectivity index (χ4n) is 5.35. The molecule has 7 nitrogen and oxygen atoms in total. The molecule has 0 saturated carbocycles. The number of aliphatic hydroxyl groups is 1. The van der Waals surface area contributed by atoms with E-state index >= 15 is 0 Å². The van der Waals surface area contributed by atoms with E-state index in [0.717, 1.165) is 48.4 Å². The van der Waals surface area contributed by atoms with Gasteiger partial charge in [-0.05, 0) is 53.4 Å². The first-order valence-corrected chi connectivity index (χ1v) is 15.1. The molecule has 0 bridgehead atoms. The normalized spacial score (nSPS) is 16.7. The largest absolute Gasteiger partial charge is 0.494 e. The number of piperidine rings is 1. The van der Waals surface area contributed by atoms with Gasteiger partial charge in [0, 0.05) is 30.6 Å². The van der Waals surface area contributed by atoms with Crippen LogP contribution in [0.15, 0.2) is 97.2 Å². The lowest BCUT2D eigenvalue weighted by Gasteiger charge is -2.32. The molecule has 226 valence electrons. The Morgan fingerprint density at radius 3 is 2.40 bits per heavy atom. The van der Waals surface area contributed by atoms with Crippen LogP contribution in [0.5, 0.6) is 5.75 Å². The molecular weight excluding hydrogens is 540 g/mol. The van der Waals surface area contributed by atoms with Crippen molar-refractivity contribution in [3.8, 4) is 5.75 Å². The van der Waals surface area contributed by atoms with Crippen LogP contribution in [0, 0.1) is 0 Å². The summed E-state index contributed by atoms with van der Waals surface area (Å²) in [5, 5.41) is 13.0. The molecular formula is C36H42N2O5. The first kappa shape index (κ1) is 30.9. The van der Waals surface area contributed by atoms with Gasteiger partial charge >= 0.3 is 0 Å². The smallest absolute Gasteiger partial charge is 0.119 e. The highest BCUT2D eigenvalue weighted by Gasteiger charge is 2.27. The third-order valence-electron chi connectivity index (χ3n) is 7.66. The van der Waals surface area contributed by atoms with Gasteiger partial charge in [0.25, 0.3) is 0 Å².